The molecule has 0 aliphatic heterocycles. The summed E-state index contributed by atoms with van der Waals surface area (Å²) in [4.78, 5) is 11.4. The first-order valence-electron chi connectivity index (χ1n) is 5.88. The van der Waals surface area contributed by atoms with Crippen LogP contribution in [0.2, 0.25) is 0 Å². The van der Waals surface area contributed by atoms with Gasteiger partial charge < -0.3 is 15.8 Å². The highest BCUT2D eigenvalue weighted by molar-refractivity contribution is 5.77. The van der Waals surface area contributed by atoms with E-state index in [0.717, 1.165) is 12.8 Å². The first-order chi connectivity index (χ1) is 8.18. The van der Waals surface area contributed by atoms with Gasteiger partial charge in [-0.15, -0.1) is 0 Å². The van der Waals surface area contributed by atoms with Crippen molar-refractivity contribution in [1.82, 2.24) is 5.32 Å². The second-order valence-electron chi connectivity index (χ2n) is 4.07. The summed E-state index contributed by atoms with van der Waals surface area (Å²) in [5.74, 6) is 0.608. The van der Waals surface area contributed by atoms with Gasteiger partial charge in [0.2, 0.25) is 0 Å². The normalized spacial score (nSPS) is 11.9. The molecule has 0 aliphatic rings. The van der Waals surface area contributed by atoms with Crippen molar-refractivity contribution in [3.63, 3.8) is 0 Å². The van der Waals surface area contributed by atoms with Gasteiger partial charge in [0.1, 0.15) is 5.75 Å². The van der Waals surface area contributed by atoms with Crippen molar-refractivity contribution in [3.05, 3.63) is 30.3 Å². The third kappa shape index (κ3) is 6.58. The second-order valence-corrected chi connectivity index (χ2v) is 4.07. The Hall–Kier alpha value is -1.55. The van der Waals surface area contributed by atoms with E-state index in [4.69, 9.17) is 10.5 Å². The van der Waals surface area contributed by atoms with Gasteiger partial charge in [-0.1, -0.05) is 18.2 Å². The molecule has 4 nitrogen and oxygen atoms in total. The topological polar surface area (TPSA) is 64.3 Å². The second kappa shape index (κ2) is 7.68. The lowest BCUT2D eigenvalue weighted by Gasteiger charge is -2.08. The maximum Gasteiger partial charge on any atom is 0.257 e. The van der Waals surface area contributed by atoms with Crippen molar-refractivity contribution in [2.75, 3.05) is 13.2 Å². The Morgan fingerprint density at radius 2 is 2.12 bits per heavy atom. The molecule has 0 saturated carbocycles. The van der Waals surface area contributed by atoms with Crippen LogP contribution >= 0.6 is 0 Å². The lowest BCUT2D eigenvalue weighted by molar-refractivity contribution is -0.123. The summed E-state index contributed by atoms with van der Waals surface area (Å²) in [5.41, 5.74) is 5.61. The standard InChI is InChI=1S/C13H20N2O2/c1-11(14)6-5-9-15-13(16)10-17-12-7-3-2-4-8-12/h2-4,7-8,11H,5-6,9-10,14H2,1H3,(H,15,16). The van der Waals surface area contributed by atoms with E-state index < -0.39 is 0 Å². The Bertz CT molecular complexity index is 325. The Balaban J connectivity index is 2.09. The molecule has 3 N–H and O–H groups in total. The Kier molecular flexibility index (Phi) is 6.10. The van der Waals surface area contributed by atoms with Crippen LogP contribution in [0.5, 0.6) is 5.75 Å². The zero-order valence-electron chi connectivity index (χ0n) is 10.2. The first kappa shape index (κ1) is 13.5. The van der Waals surface area contributed by atoms with Gasteiger partial charge in [0, 0.05) is 12.6 Å². The number of nitrogens with two attached hydrogens (primary N) is 1. The average Bonchev–Trinajstić information content (AvgIpc) is 2.33. The molecule has 1 amide bonds. The number of hydrogen-bond donors (Lipinski definition) is 2. The van der Waals surface area contributed by atoms with E-state index >= 15 is 0 Å². The molecule has 0 aliphatic carbocycles. The van der Waals surface area contributed by atoms with E-state index in [0.29, 0.717) is 12.3 Å². The zero-order valence-corrected chi connectivity index (χ0v) is 10.2. The molecule has 0 spiro atoms. The van der Waals surface area contributed by atoms with E-state index in [-0.39, 0.29) is 18.6 Å². The number of para-hydroxylation sites is 1. The molecule has 0 radical (unpaired) electrons. The molecule has 1 aromatic carbocycles. The fraction of sp³-hybridized carbons (Fsp3) is 0.462. The molecule has 0 fully saturated rings. The Morgan fingerprint density at radius 3 is 2.76 bits per heavy atom. The van der Waals surface area contributed by atoms with E-state index in [2.05, 4.69) is 5.32 Å². The maximum absolute atomic E-state index is 11.4. The van der Waals surface area contributed by atoms with Crippen molar-refractivity contribution in [3.8, 4) is 5.75 Å². The van der Waals surface area contributed by atoms with Crippen molar-refractivity contribution in [2.24, 2.45) is 5.73 Å². The van der Waals surface area contributed by atoms with E-state index in [1.165, 1.54) is 0 Å². The number of benzene rings is 1. The minimum Gasteiger partial charge on any atom is -0.484 e. The van der Waals surface area contributed by atoms with Crippen LogP contribution < -0.4 is 15.8 Å². The molecule has 1 unspecified atom stereocenters. The summed E-state index contributed by atoms with van der Waals surface area (Å²) in [6.07, 6.45) is 1.81. The van der Waals surface area contributed by atoms with Crippen molar-refractivity contribution in [2.45, 2.75) is 25.8 Å². The highest BCUT2D eigenvalue weighted by Gasteiger charge is 2.02. The predicted octanol–water partition coefficient (Wildman–Crippen LogP) is 1.31. The van der Waals surface area contributed by atoms with Gasteiger partial charge in [0.15, 0.2) is 6.61 Å². The van der Waals surface area contributed by atoms with Crippen molar-refractivity contribution < 1.29 is 9.53 Å². The highest BCUT2D eigenvalue weighted by Crippen LogP contribution is 2.07. The molecule has 94 valence electrons. The Labute approximate surface area is 102 Å². The SMILES string of the molecule is CC(N)CCCNC(=O)COc1ccccc1. The van der Waals surface area contributed by atoms with Crippen LogP contribution in [0.25, 0.3) is 0 Å². The van der Waals surface area contributed by atoms with Crippen LogP contribution in [0.4, 0.5) is 0 Å². The van der Waals surface area contributed by atoms with Crippen LogP contribution in [0.3, 0.4) is 0 Å². The van der Waals surface area contributed by atoms with Gasteiger partial charge in [-0.25, -0.2) is 0 Å². The molecule has 1 rings (SSSR count). The smallest absolute Gasteiger partial charge is 0.257 e. The number of rotatable bonds is 7. The van der Waals surface area contributed by atoms with Gasteiger partial charge in [0.05, 0.1) is 0 Å². The molecular formula is C13H20N2O2. The van der Waals surface area contributed by atoms with Gasteiger partial charge in [-0.2, -0.15) is 0 Å². The molecule has 0 aromatic heterocycles. The fourth-order valence-electron chi connectivity index (χ4n) is 1.37. The van der Waals surface area contributed by atoms with Gasteiger partial charge >= 0.3 is 0 Å². The van der Waals surface area contributed by atoms with Gasteiger partial charge in [0.25, 0.3) is 5.91 Å². The van der Waals surface area contributed by atoms with Crippen LogP contribution in [0.1, 0.15) is 19.8 Å². The predicted molar refractivity (Wildman–Crippen MR) is 67.8 cm³/mol. The number of ether oxygens (including phenoxy) is 1. The van der Waals surface area contributed by atoms with Crippen LogP contribution in [-0.2, 0) is 4.79 Å². The summed E-state index contributed by atoms with van der Waals surface area (Å²) in [5, 5.41) is 2.79. The number of carbonyl (C=O) groups excluding carboxylic acids is 1. The van der Waals surface area contributed by atoms with E-state index in [1.54, 1.807) is 0 Å². The average molecular weight is 236 g/mol. The maximum atomic E-state index is 11.4. The molecule has 0 heterocycles. The summed E-state index contributed by atoms with van der Waals surface area (Å²) in [6, 6.07) is 9.48. The number of hydrogen-bond acceptors (Lipinski definition) is 3. The quantitative estimate of drug-likeness (QED) is 0.702. The highest BCUT2D eigenvalue weighted by atomic mass is 16.5. The summed E-state index contributed by atoms with van der Waals surface area (Å²) >= 11 is 0. The number of carbonyl (C=O) groups is 1. The third-order valence-electron chi connectivity index (χ3n) is 2.27. The molecule has 17 heavy (non-hydrogen) atoms. The fourth-order valence-corrected chi connectivity index (χ4v) is 1.37. The number of nitrogens with one attached hydrogen (secondary N) is 1. The zero-order chi connectivity index (χ0) is 12.5. The largest absolute Gasteiger partial charge is 0.484 e. The lowest BCUT2D eigenvalue weighted by Crippen LogP contribution is -2.30. The molecule has 0 bridgehead atoms. The minimum atomic E-state index is -0.0986. The summed E-state index contributed by atoms with van der Waals surface area (Å²) < 4.78 is 5.31. The van der Waals surface area contributed by atoms with Crippen LogP contribution in [0.15, 0.2) is 30.3 Å². The molecular weight excluding hydrogens is 216 g/mol. The Morgan fingerprint density at radius 1 is 1.41 bits per heavy atom. The monoisotopic (exact) mass is 236 g/mol. The van der Waals surface area contributed by atoms with Crippen molar-refractivity contribution in [1.29, 1.82) is 0 Å². The van der Waals surface area contributed by atoms with Crippen LogP contribution in [-0.4, -0.2) is 25.1 Å². The lowest BCUT2D eigenvalue weighted by atomic mass is 10.2. The minimum absolute atomic E-state index is 0.0577. The van der Waals surface area contributed by atoms with Crippen molar-refractivity contribution >= 4 is 5.91 Å². The molecule has 1 aromatic rings. The summed E-state index contributed by atoms with van der Waals surface area (Å²) in [7, 11) is 0. The van der Waals surface area contributed by atoms with Gasteiger partial charge in [-0.3, -0.25) is 4.79 Å². The van der Waals surface area contributed by atoms with E-state index in [9.17, 15) is 4.79 Å². The number of amides is 1. The summed E-state index contributed by atoms with van der Waals surface area (Å²) in [6.45, 7) is 2.67. The molecule has 4 heteroatoms. The van der Waals surface area contributed by atoms with E-state index in [1.807, 2.05) is 37.3 Å². The molecule has 1 atom stereocenters. The third-order valence-corrected chi connectivity index (χ3v) is 2.27. The van der Waals surface area contributed by atoms with Gasteiger partial charge in [-0.05, 0) is 31.9 Å². The first-order valence-corrected chi connectivity index (χ1v) is 5.88. The van der Waals surface area contributed by atoms with Crippen LogP contribution in [0, 0.1) is 0 Å². The molecule has 0 saturated heterocycles.